The molecule has 0 aliphatic carbocycles. The van der Waals surface area contributed by atoms with Crippen LogP contribution >= 0.6 is 23.3 Å². The fraction of sp³-hybridized carbons (Fsp3) is 0.200. The first-order valence-corrected chi connectivity index (χ1v) is 8.75. The summed E-state index contributed by atoms with van der Waals surface area (Å²) in [5, 5.41) is 8.72. The van der Waals surface area contributed by atoms with Gasteiger partial charge in [-0.05, 0) is 11.6 Å². The summed E-state index contributed by atoms with van der Waals surface area (Å²) >= 11 is 2.91. The molecule has 23 heavy (non-hydrogen) atoms. The lowest BCUT2D eigenvalue weighted by Crippen LogP contribution is -2.07. The van der Waals surface area contributed by atoms with E-state index in [0.717, 1.165) is 22.3 Å². The molecule has 0 saturated heterocycles. The summed E-state index contributed by atoms with van der Waals surface area (Å²) in [7, 11) is 3.91. The lowest BCUT2D eigenvalue weighted by molar-refractivity contribution is 0.968. The predicted molar refractivity (Wildman–Crippen MR) is 95.5 cm³/mol. The topological polar surface area (TPSA) is 70.6 Å². The molecule has 0 fully saturated rings. The van der Waals surface area contributed by atoms with Crippen molar-refractivity contribution in [1.29, 1.82) is 0 Å². The summed E-state index contributed by atoms with van der Waals surface area (Å²) in [6.45, 7) is 0. The van der Waals surface area contributed by atoms with E-state index in [1.165, 1.54) is 23.3 Å². The predicted octanol–water partition coefficient (Wildman–Crippen LogP) is 3.18. The van der Waals surface area contributed by atoms with Crippen LogP contribution in [0.3, 0.4) is 0 Å². The summed E-state index contributed by atoms with van der Waals surface area (Å²) in [4.78, 5) is 10.8. The summed E-state index contributed by atoms with van der Waals surface area (Å²) < 4.78 is 4.32. The molecule has 0 bridgehead atoms. The number of nitrogens with one attached hydrogen (secondary N) is 1. The van der Waals surface area contributed by atoms with Crippen LogP contribution in [0, 0.1) is 0 Å². The Morgan fingerprint density at radius 1 is 1.17 bits per heavy atom. The van der Waals surface area contributed by atoms with Crippen LogP contribution in [-0.2, 0) is 5.75 Å². The maximum atomic E-state index is 4.44. The van der Waals surface area contributed by atoms with E-state index in [-0.39, 0.29) is 0 Å². The van der Waals surface area contributed by atoms with Gasteiger partial charge in [-0.25, -0.2) is 9.97 Å². The third kappa shape index (κ3) is 4.40. The average Bonchev–Trinajstić information content (AvgIpc) is 3.21. The Hall–Kier alpha value is -2.19. The van der Waals surface area contributed by atoms with Crippen molar-refractivity contribution in [3.8, 4) is 0 Å². The highest BCUT2D eigenvalue weighted by Gasteiger charge is 2.08. The SMILES string of the molecule is CN(C)c1nc(CSc2n[nH]c(/C=C/c3ccccc3)n2)ns1. The van der Waals surface area contributed by atoms with Gasteiger partial charge < -0.3 is 4.90 Å². The van der Waals surface area contributed by atoms with E-state index in [1.54, 1.807) is 0 Å². The lowest BCUT2D eigenvalue weighted by Gasteiger charge is -2.03. The van der Waals surface area contributed by atoms with Crippen LogP contribution in [0.4, 0.5) is 5.13 Å². The van der Waals surface area contributed by atoms with E-state index in [1.807, 2.05) is 61.5 Å². The Bertz CT molecular complexity index is 778. The molecule has 3 rings (SSSR count). The second-order valence-electron chi connectivity index (χ2n) is 4.92. The third-order valence-corrected chi connectivity index (χ3v) is 4.65. The minimum atomic E-state index is 0.657. The van der Waals surface area contributed by atoms with Crippen LogP contribution in [0.1, 0.15) is 17.2 Å². The summed E-state index contributed by atoms with van der Waals surface area (Å²) in [6, 6.07) is 10.1. The molecule has 3 aromatic rings. The summed E-state index contributed by atoms with van der Waals surface area (Å²) in [5.41, 5.74) is 1.13. The Morgan fingerprint density at radius 3 is 2.74 bits per heavy atom. The molecule has 2 heterocycles. The molecule has 0 aliphatic heterocycles. The van der Waals surface area contributed by atoms with Crippen LogP contribution in [0.15, 0.2) is 35.5 Å². The van der Waals surface area contributed by atoms with Gasteiger partial charge in [-0.15, -0.1) is 5.10 Å². The van der Waals surface area contributed by atoms with Crippen LogP contribution in [0.5, 0.6) is 0 Å². The van der Waals surface area contributed by atoms with E-state index in [2.05, 4.69) is 24.5 Å². The van der Waals surface area contributed by atoms with Crippen molar-refractivity contribution in [1.82, 2.24) is 24.5 Å². The number of thioether (sulfide) groups is 1. The van der Waals surface area contributed by atoms with Gasteiger partial charge in [-0.1, -0.05) is 48.2 Å². The zero-order valence-electron chi connectivity index (χ0n) is 12.8. The lowest BCUT2D eigenvalue weighted by atomic mass is 10.2. The molecule has 6 nitrogen and oxygen atoms in total. The minimum Gasteiger partial charge on any atom is -0.353 e. The quantitative estimate of drug-likeness (QED) is 0.693. The molecule has 1 N–H and O–H groups in total. The molecule has 0 saturated carbocycles. The van der Waals surface area contributed by atoms with Crippen LogP contribution in [0.2, 0.25) is 0 Å². The van der Waals surface area contributed by atoms with Crippen molar-refractivity contribution >= 4 is 40.6 Å². The molecule has 2 aromatic heterocycles. The molecular weight excluding hydrogens is 328 g/mol. The molecule has 0 atom stereocenters. The van der Waals surface area contributed by atoms with Gasteiger partial charge in [0.25, 0.3) is 0 Å². The molecule has 0 unspecified atom stereocenters. The molecule has 0 spiro atoms. The standard InChI is InChI=1S/C15H16N6S2/c1-21(2)15-17-13(20-23-15)10-22-14-16-12(18-19-14)9-8-11-6-4-3-5-7-11/h3-9H,10H2,1-2H3,(H,16,18,19)/b9-8+. The van der Waals surface area contributed by atoms with Crippen molar-refractivity contribution in [3.63, 3.8) is 0 Å². The first kappa shape index (κ1) is 15.7. The van der Waals surface area contributed by atoms with Gasteiger partial charge in [0.15, 0.2) is 5.82 Å². The van der Waals surface area contributed by atoms with E-state index in [9.17, 15) is 0 Å². The number of benzene rings is 1. The van der Waals surface area contributed by atoms with Crippen molar-refractivity contribution in [2.45, 2.75) is 10.9 Å². The number of aromatic amines is 1. The maximum Gasteiger partial charge on any atom is 0.209 e. The van der Waals surface area contributed by atoms with Crippen LogP contribution in [0.25, 0.3) is 12.2 Å². The van der Waals surface area contributed by atoms with Gasteiger partial charge in [0, 0.05) is 25.6 Å². The van der Waals surface area contributed by atoms with E-state index >= 15 is 0 Å². The fourth-order valence-electron chi connectivity index (χ4n) is 1.75. The molecule has 0 aliphatic rings. The van der Waals surface area contributed by atoms with Crippen molar-refractivity contribution in [2.75, 3.05) is 19.0 Å². The van der Waals surface area contributed by atoms with Crippen molar-refractivity contribution in [2.24, 2.45) is 0 Å². The van der Waals surface area contributed by atoms with Gasteiger partial charge in [0.2, 0.25) is 10.3 Å². The highest BCUT2D eigenvalue weighted by atomic mass is 32.2. The van der Waals surface area contributed by atoms with Crippen molar-refractivity contribution in [3.05, 3.63) is 47.5 Å². The number of hydrogen-bond donors (Lipinski definition) is 1. The maximum absolute atomic E-state index is 4.44. The first-order chi connectivity index (χ1) is 11.2. The van der Waals surface area contributed by atoms with Crippen LogP contribution in [-0.4, -0.2) is 38.6 Å². The van der Waals surface area contributed by atoms with Crippen molar-refractivity contribution < 1.29 is 0 Å². The Morgan fingerprint density at radius 2 is 2.00 bits per heavy atom. The highest BCUT2D eigenvalue weighted by molar-refractivity contribution is 7.98. The number of rotatable bonds is 6. The van der Waals surface area contributed by atoms with Gasteiger partial charge in [0.05, 0.1) is 5.75 Å². The first-order valence-electron chi connectivity index (χ1n) is 6.99. The number of nitrogens with zero attached hydrogens (tertiary/aromatic N) is 5. The fourth-order valence-corrected chi connectivity index (χ4v) is 3.09. The largest absolute Gasteiger partial charge is 0.353 e. The smallest absolute Gasteiger partial charge is 0.209 e. The van der Waals surface area contributed by atoms with E-state index < -0.39 is 0 Å². The number of H-pyrrole nitrogens is 1. The second kappa shape index (κ2) is 7.38. The zero-order valence-corrected chi connectivity index (χ0v) is 14.4. The normalized spacial score (nSPS) is 11.2. The number of aromatic nitrogens is 5. The highest BCUT2D eigenvalue weighted by Crippen LogP contribution is 2.21. The van der Waals surface area contributed by atoms with Gasteiger partial charge in [0.1, 0.15) is 5.82 Å². The van der Waals surface area contributed by atoms with Gasteiger partial charge in [-0.2, -0.15) is 4.37 Å². The Labute approximate surface area is 142 Å². The zero-order chi connectivity index (χ0) is 16.1. The van der Waals surface area contributed by atoms with E-state index in [4.69, 9.17) is 0 Å². The second-order valence-corrected chi connectivity index (χ2v) is 6.60. The third-order valence-electron chi connectivity index (χ3n) is 2.89. The van der Waals surface area contributed by atoms with Gasteiger partial charge in [-0.3, -0.25) is 5.10 Å². The molecular formula is C15H16N6S2. The van der Waals surface area contributed by atoms with Crippen LogP contribution < -0.4 is 4.90 Å². The molecule has 1 aromatic carbocycles. The average molecular weight is 344 g/mol. The monoisotopic (exact) mass is 344 g/mol. The van der Waals surface area contributed by atoms with Gasteiger partial charge >= 0.3 is 0 Å². The summed E-state index contributed by atoms with van der Waals surface area (Å²) in [5.74, 6) is 2.19. The number of hydrogen-bond acceptors (Lipinski definition) is 7. The number of anilines is 1. The van der Waals surface area contributed by atoms with E-state index in [0.29, 0.717) is 10.9 Å². The molecule has 0 amide bonds. The minimum absolute atomic E-state index is 0.657. The Kier molecular flexibility index (Phi) is 5.04. The summed E-state index contributed by atoms with van der Waals surface area (Å²) in [6.07, 6.45) is 3.91. The molecule has 8 heteroatoms. The molecule has 0 radical (unpaired) electrons. The molecule has 118 valence electrons. The Balaban J connectivity index is 1.57.